The molecule has 0 radical (unpaired) electrons. The zero-order chi connectivity index (χ0) is 15.8. The van der Waals surface area contributed by atoms with Crippen LogP contribution >= 0.6 is 0 Å². The van der Waals surface area contributed by atoms with Gasteiger partial charge in [0.05, 0.1) is 13.0 Å². The van der Waals surface area contributed by atoms with E-state index in [2.05, 4.69) is 0 Å². The fraction of sp³-hybridized carbons (Fsp3) is 0.692. The lowest BCUT2D eigenvalue weighted by molar-refractivity contribution is -0.345. The number of ketones is 2. The van der Waals surface area contributed by atoms with E-state index >= 15 is 0 Å². The average molecular weight is 288 g/mol. The summed E-state index contributed by atoms with van der Waals surface area (Å²) < 4.78 is 15.1. The van der Waals surface area contributed by atoms with Crippen LogP contribution in [0.3, 0.4) is 0 Å². The van der Waals surface area contributed by atoms with Crippen molar-refractivity contribution in [3.05, 3.63) is 0 Å². The van der Waals surface area contributed by atoms with Gasteiger partial charge in [0.1, 0.15) is 24.4 Å². The first-order valence-electron chi connectivity index (χ1n) is 6.31. The molecule has 0 unspecified atom stereocenters. The second-order valence-electron chi connectivity index (χ2n) is 4.18. The van der Waals surface area contributed by atoms with Crippen LogP contribution < -0.4 is 0 Å². The second-order valence-corrected chi connectivity index (χ2v) is 4.18. The highest BCUT2D eigenvalue weighted by molar-refractivity contribution is 5.95. The molecule has 0 aliphatic rings. The number of rotatable bonds is 9. The van der Waals surface area contributed by atoms with Crippen molar-refractivity contribution >= 4 is 23.5 Å². The summed E-state index contributed by atoms with van der Waals surface area (Å²) in [7, 11) is 0. The van der Waals surface area contributed by atoms with Crippen molar-refractivity contribution in [2.75, 3.05) is 6.61 Å². The Balaban J connectivity index is 4.89. The molecule has 0 fully saturated rings. The number of hydrogen-bond acceptors (Lipinski definition) is 7. The van der Waals surface area contributed by atoms with E-state index in [9.17, 15) is 19.2 Å². The standard InChI is InChI=1S/C13H20O7/c1-5-13(18-6-2,19-11(16)7-9(3)14)20-12(17)8-10(4)15/h5-8H2,1-4H3. The maximum absolute atomic E-state index is 11.5. The van der Waals surface area contributed by atoms with Crippen LogP contribution in [-0.2, 0) is 33.4 Å². The van der Waals surface area contributed by atoms with Crippen molar-refractivity contribution in [1.82, 2.24) is 0 Å². The fourth-order valence-corrected chi connectivity index (χ4v) is 1.37. The summed E-state index contributed by atoms with van der Waals surface area (Å²) in [4.78, 5) is 44.8. The largest absolute Gasteiger partial charge is 0.398 e. The molecule has 0 atom stereocenters. The van der Waals surface area contributed by atoms with Crippen LogP contribution in [0.4, 0.5) is 0 Å². The molecule has 0 bridgehead atoms. The van der Waals surface area contributed by atoms with Gasteiger partial charge in [0.25, 0.3) is 0 Å². The van der Waals surface area contributed by atoms with E-state index < -0.39 is 30.8 Å². The van der Waals surface area contributed by atoms with Gasteiger partial charge in [0.2, 0.25) is 0 Å². The highest BCUT2D eigenvalue weighted by Gasteiger charge is 2.38. The Kier molecular flexibility index (Phi) is 7.68. The van der Waals surface area contributed by atoms with Gasteiger partial charge in [-0.2, -0.15) is 0 Å². The highest BCUT2D eigenvalue weighted by Crippen LogP contribution is 2.22. The van der Waals surface area contributed by atoms with Gasteiger partial charge in [-0.1, -0.05) is 6.92 Å². The Bertz CT molecular complexity index is 356. The first-order valence-corrected chi connectivity index (χ1v) is 6.31. The normalized spacial score (nSPS) is 10.8. The first kappa shape index (κ1) is 18.2. The van der Waals surface area contributed by atoms with E-state index in [4.69, 9.17) is 14.2 Å². The zero-order valence-electron chi connectivity index (χ0n) is 12.2. The number of ether oxygens (including phenoxy) is 3. The van der Waals surface area contributed by atoms with Crippen molar-refractivity contribution in [3.63, 3.8) is 0 Å². The van der Waals surface area contributed by atoms with Crippen molar-refractivity contribution in [3.8, 4) is 0 Å². The highest BCUT2D eigenvalue weighted by atomic mass is 16.9. The molecule has 0 spiro atoms. The van der Waals surface area contributed by atoms with E-state index in [0.29, 0.717) is 0 Å². The molecule has 0 saturated carbocycles. The van der Waals surface area contributed by atoms with Gasteiger partial charge in [-0.3, -0.25) is 19.2 Å². The van der Waals surface area contributed by atoms with Gasteiger partial charge in [-0.15, -0.1) is 0 Å². The fourth-order valence-electron chi connectivity index (χ4n) is 1.37. The van der Waals surface area contributed by atoms with Gasteiger partial charge in [-0.05, 0) is 20.8 Å². The summed E-state index contributed by atoms with van der Waals surface area (Å²) in [6, 6.07) is 0. The number of Topliss-reactive ketones (excluding diaryl/α,β-unsaturated/α-hetero) is 2. The molecule has 0 heterocycles. The summed E-state index contributed by atoms with van der Waals surface area (Å²) in [6.07, 6.45) is -0.855. The van der Waals surface area contributed by atoms with Crippen molar-refractivity contribution in [2.45, 2.75) is 52.9 Å². The Hall–Kier alpha value is -1.76. The Morgan fingerprint density at radius 3 is 1.50 bits per heavy atom. The minimum absolute atomic E-state index is 0.0358. The Morgan fingerprint density at radius 1 is 0.850 bits per heavy atom. The van der Waals surface area contributed by atoms with Crippen LogP contribution in [-0.4, -0.2) is 36.1 Å². The summed E-state index contributed by atoms with van der Waals surface area (Å²) in [6.45, 7) is 5.79. The van der Waals surface area contributed by atoms with Gasteiger partial charge in [0.15, 0.2) is 0 Å². The lowest BCUT2D eigenvalue weighted by Gasteiger charge is -2.30. The molecule has 0 aliphatic carbocycles. The van der Waals surface area contributed by atoms with Gasteiger partial charge in [-0.25, -0.2) is 0 Å². The third-order valence-corrected chi connectivity index (χ3v) is 2.12. The molecule has 0 saturated heterocycles. The third kappa shape index (κ3) is 6.98. The molecular weight excluding hydrogens is 268 g/mol. The number of esters is 2. The maximum atomic E-state index is 11.5. The minimum Gasteiger partial charge on any atom is -0.398 e. The van der Waals surface area contributed by atoms with Gasteiger partial charge in [0, 0.05) is 0 Å². The molecule has 114 valence electrons. The lowest BCUT2D eigenvalue weighted by Crippen LogP contribution is -2.43. The summed E-state index contributed by atoms with van der Waals surface area (Å²) in [5.41, 5.74) is 0. The van der Waals surface area contributed by atoms with Gasteiger partial charge >= 0.3 is 17.9 Å². The summed E-state index contributed by atoms with van der Waals surface area (Å²) in [5, 5.41) is 0. The van der Waals surface area contributed by atoms with Crippen LogP contribution in [0.15, 0.2) is 0 Å². The van der Waals surface area contributed by atoms with Crippen molar-refractivity contribution in [1.29, 1.82) is 0 Å². The lowest BCUT2D eigenvalue weighted by atomic mass is 10.3. The molecule has 0 N–H and O–H groups in total. The van der Waals surface area contributed by atoms with Crippen LogP contribution in [0, 0.1) is 0 Å². The molecule has 20 heavy (non-hydrogen) atoms. The molecular formula is C13H20O7. The molecule has 7 heteroatoms. The minimum atomic E-state index is -1.90. The predicted octanol–water partition coefficient (Wildman–Crippen LogP) is 1.13. The second kappa shape index (κ2) is 8.42. The number of carbonyl (C=O) groups excluding carboxylic acids is 4. The Morgan fingerprint density at radius 2 is 1.25 bits per heavy atom. The topological polar surface area (TPSA) is 96.0 Å². The third-order valence-electron chi connectivity index (χ3n) is 2.12. The molecule has 0 aromatic heterocycles. The first-order chi connectivity index (χ1) is 9.24. The quantitative estimate of drug-likeness (QED) is 0.356. The molecule has 0 aromatic carbocycles. The van der Waals surface area contributed by atoms with Gasteiger partial charge < -0.3 is 14.2 Å². The maximum Gasteiger partial charge on any atom is 0.375 e. The van der Waals surface area contributed by atoms with E-state index in [1.165, 1.54) is 13.8 Å². The summed E-state index contributed by atoms with van der Waals surface area (Å²) >= 11 is 0. The van der Waals surface area contributed by atoms with Crippen LogP contribution in [0.5, 0.6) is 0 Å². The van der Waals surface area contributed by atoms with E-state index in [1.54, 1.807) is 13.8 Å². The average Bonchev–Trinajstić information content (AvgIpc) is 2.26. The molecule has 0 rings (SSSR count). The zero-order valence-corrected chi connectivity index (χ0v) is 12.2. The summed E-state index contributed by atoms with van der Waals surface area (Å²) in [5.74, 6) is -4.38. The smallest absolute Gasteiger partial charge is 0.375 e. The molecule has 0 aromatic rings. The molecule has 7 nitrogen and oxygen atoms in total. The number of carbonyl (C=O) groups is 4. The molecule has 0 aliphatic heterocycles. The van der Waals surface area contributed by atoms with E-state index in [-0.39, 0.29) is 24.6 Å². The van der Waals surface area contributed by atoms with E-state index in [1.807, 2.05) is 0 Å². The van der Waals surface area contributed by atoms with Crippen LogP contribution in [0.2, 0.25) is 0 Å². The monoisotopic (exact) mass is 288 g/mol. The Labute approximate surface area is 117 Å². The van der Waals surface area contributed by atoms with Crippen LogP contribution in [0.25, 0.3) is 0 Å². The SMILES string of the molecule is CCOC(CC)(OC(=O)CC(C)=O)OC(=O)CC(C)=O. The van der Waals surface area contributed by atoms with E-state index in [0.717, 1.165) is 0 Å². The predicted molar refractivity (Wildman–Crippen MR) is 67.4 cm³/mol. The molecule has 0 amide bonds. The van der Waals surface area contributed by atoms with Crippen molar-refractivity contribution in [2.24, 2.45) is 0 Å². The van der Waals surface area contributed by atoms with Crippen molar-refractivity contribution < 1.29 is 33.4 Å². The van der Waals surface area contributed by atoms with Crippen LogP contribution in [0.1, 0.15) is 47.0 Å². The number of hydrogen-bond donors (Lipinski definition) is 0.